The molecule has 1 aromatic heterocycles. The molecule has 0 atom stereocenters. The summed E-state index contributed by atoms with van der Waals surface area (Å²) in [6.45, 7) is 9.12. The summed E-state index contributed by atoms with van der Waals surface area (Å²) in [7, 11) is 0. The lowest BCUT2D eigenvalue weighted by Crippen LogP contribution is -2.21. The molecule has 0 unspecified atom stereocenters. The molecule has 98 valence electrons. The van der Waals surface area contributed by atoms with Gasteiger partial charge in [-0.1, -0.05) is 19.9 Å². The molecule has 2 aromatic rings. The van der Waals surface area contributed by atoms with Gasteiger partial charge in [0.05, 0.1) is 5.52 Å². The van der Waals surface area contributed by atoms with Gasteiger partial charge in [-0.25, -0.2) is 4.39 Å². The van der Waals surface area contributed by atoms with Gasteiger partial charge in [-0.05, 0) is 31.5 Å². The smallest absolute Gasteiger partial charge is 0.132 e. The summed E-state index contributed by atoms with van der Waals surface area (Å²) in [4.78, 5) is 0. The van der Waals surface area contributed by atoms with E-state index in [0.717, 1.165) is 16.5 Å². The van der Waals surface area contributed by atoms with E-state index in [4.69, 9.17) is 0 Å². The Kier molecular flexibility index (Phi) is 3.71. The minimum atomic E-state index is -0.132. The maximum absolute atomic E-state index is 14.0. The van der Waals surface area contributed by atoms with Gasteiger partial charge in [0.1, 0.15) is 5.82 Å². The fourth-order valence-electron chi connectivity index (χ4n) is 2.22. The first kappa shape index (κ1) is 13.1. The minimum absolute atomic E-state index is 0.132. The molecule has 0 bridgehead atoms. The van der Waals surface area contributed by atoms with Crippen molar-refractivity contribution in [2.24, 2.45) is 0 Å². The number of hydrogen-bond donors (Lipinski definition) is 1. The Balaban J connectivity index is 2.52. The molecule has 18 heavy (non-hydrogen) atoms. The van der Waals surface area contributed by atoms with Gasteiger partial charge in [0.15, 0.2) is 0 Å². The van der Waals surface area contributed by atoms with Crippen LogP contribution in [-0.2, 0) is 6.54 Å². The Morgan fingerprint density at radius 1 is 1.22 bits per heavy atom. The maximum Gasteiger partial charge on any atom is 0.132 e. The average Bonchev–Trinajstić information content (AvgIpc) is 2.67. The third-order valence-electron chi connectivity index (χ3n) is 3.14. The largest absolute Gasteiger partial charge is 0.345 e. The van der Waals surface area contributed by atoms with Gasteiger partial charge in [0, 0.05) is 30.2 Å². The third kappa shape index (κ3) is 2.41. The molecule has 1 heterocycles. The summed E-state index contributed by atoms with van der Waals surface area (Å²) in [5, 5.41) is 4.10. The Morgan fingerprint density at radius 2 is 1.94 bits per heavy atom. The molecule has 3 heteroatoms. The zero-order chi connectivity index (χ0) is 13.3. The highest BCUT2D eigenvalue weighted by Gasteiger charge is 2.13. The van der Waals surface area contributed by atoms with Gasteiger partial charge in [-0.2, -0.15) is 0 Å². The molecule has 0 spiro atoms. The molecule has 0 amide bonds. The highest BCUT2D eigenvalue weighted by Crippen LogP contribution is 2.27. The van der Waals surface area contributed by atoms with Crippen molar-refractivity contribution in [3.8, 4) is 0 Å². The van der Waals surface area contributed by atoms with Gasteiger partial charge in [-0.3, -0.25) is 0 Å². The van der Waals surface area contributed by atoms with E-state index >= 15 is 0 Å². The highest BCUT2D eigenvalue weighted by molar-refractivity contribution is 5.84. The molecular formula is C15H21FN2. The number of aromatic nitrogens is 1. The third-order valence-corrected chi connectivity index (χ3v) is 3.14. The molecule has 0 fully saturated rings. The molecule has 0 radical (unpaired) electrons. The predicted molar refractivity (Wildman–Crippen MR) is 74.3 cm³/mol. The monoisotopic (exact) mass is 248 g/mol. The average molecular weight is 248 g/mol. The molecular weight excluding hydrogens is 227 g/mol. The van der Waals surface area contributed by atoms with E-state index in [1.54, 1.807) is 6.07 Å². The van der Waals surface area contributed by atoms with Crippen LogP contribution in [0.5, 0.6) is 0 Å². The van der Waals surface area contributed by atoms with E-state index in [1.165, 1.54) is 6.07 Å². The van der Waals surface area contributed by atoms with Gasteiger partial charge < -0.3 is 9.88 Å². The number of nitrogens with one attached hydrogen (secondary N) is 1. The van der Waals surface area contributed by atoms with E-state index in [9.17, 15) is 4.39 Å². The summed E-state index contributed by atoms with van der Waals surface area (Å²) >= 11 is 0. The van der Waals surface area contributed by atoms with Crippen LogP contribution in [0.2, 0.25) is 0 Å². The Morgan fingerprint density at radius 3 is 2.56 bits per heavy atom. The molecule has 1 N–H and O–H groups in total. The van der Waals surface area contributed by atoms with E-state index in [0.29, 0.717) is 18.6 Å². The van der Waals surface area contributed by atoms with Crippen LogP contribution in [0.25, 0.3) is 10.9 Å². The predicted octanol–water partition coefficient (Wildman–Crippen LogP) is 3.86. The molecule has 2 nitrogen and oxygen atoms in total. The topological polar surface area (TPSA) is 17.0 Å². The lowest BCUT2D eigenvalue weighted by atomic mass is 10.1. The SMILES string of the molecule is CC(C)NCc1cn(C(C)C)c2cccc(F)c12. The van der Waals surface area contributed by atoms with E-state index < -0.39 is 0 Å². The number of halogens is 1. The van der Waals surface area contributed by atoms with Gasteiger partial charge in [0.2, 0.25) is 0 Å². The van der Waals surface area contributed by atoms with Crippen molar-refractivity contribution >= 4 is 10.9 Å². The second-order valence-electron chi connectivity index (χ2n) is 5.32. The number of fused-ring (bicyclic) bond motifs is 1. The van der Waals surface area contributed by atoms with Crippen molar-refractivity contribution in [1.29, 1.82) is 0 Å². The standard InChI is InChI=1S/C15H21FN2/c1-10(2)17-8-12-9-18(11(3)4)14-7-5-6-13(16)15(12)14/h5-7,9-11,17H,8H2,1-4H3. The van der Waals surface area contributed by atoms with E-state index in [1.807, 2.05) is 6.07 Å². The minimum Gasteiger partial charge on any atom is -0.345 e. The van der Waals surface area contributed by atoms with Crippen molar-refractivity contribution < 1.29 is 4.39 Å². The number of hydrogen-bond acceptors (Lipinski definition) is 1. The zero-order valence-corrected chi connectivity index (χ0v) is 11.5. The van der Waals surface area contributed by atoms with Crippen molar-refractivity contribution in [2.75, 3.05) is 0 Å². The molecule has 0 aliphatic heterocycles. The zero-order valence-electron chi connectivity index (χ0n) is 11.5. The van der Waals surface area contributed by atoms with Crippen LogP contribution in [0.3, 0.4) is 0 Å². The van der Waals surface area contributed by atoms with Crippen LogP contribution in [0.1, 0.15) is 39.3 Å². The Bertz CT molecular complexity index is 541. The summed E-state index contributed by atoms with van der Waals surface area (Å²) in [5.41, 5.74) is 2.01. The molecule has 0 aliphatic carbocycles. The van der Waals surface area contributed by atoms with Crippen LogP contribution in [0.4, 0.5) is 4.39 Å². The van der Waals surface area contributed by atoms with E-state index in [2.05, 4.69) is 43.8 Å². The summed E-state index contributed by atoms with van der Waals surface area (Å²) in [5.74, 6) is -0.132. The summed E-state index contributed by atoms with van der Waals surface area (Å²) in [6.07, 6.45) is 2.06. The van der Waals surface area contributed by atoms with Crippen molar-refractivity contribution in [2.45, 2.75) is 46.3 Å². The molecule has 2 rings (SSSR count). The van der Waals surface area contributed by atoms with Crippen LogP contribution < -0.4 is 5.32 Å². The van der Waals surface area contributed by atoms with Crippen molar-refractivity contribution in [3.63, 3.8) is 0 Å². The fraction of sp³-hybridized carbons (Fsp3) is 0.467. The van der Waals surface area contributed by atoms with Gasteiger partial charge >= 0.3 is 0 Å². The van der Waals surface area contributed by atoms with Crippen LogP contribution in [0, 0.1) is 5.82 Å². The molecule has 0 aliphatic rings. The second kappa shape index (κ2) is 5.11. The van der Waals surface area contributed by atoms with E-state index in [-0.39, 0.29) is 5.82 Å². The number of nitrogens with zero attached hydrogens (tertiary/aromatic N) is 1. The number of rotatable bonds is 4. The van der Waals surface area contributed by atoms with Crippen molar-refractivity contribution in [1.82, 2.24) is 9.88 Å². The van der Waals surface area contributed by atoms with Gasteiger partial charge in [0.25, 0.3) is 0 Å². The summed E-state index contributed by atoms with van der Waals surface area (Å²) < 4.78 is 16.1. The molecule has 0 saturated heterocycles. The van der Waals surface area contributed by atoms with Crippen LogP contribution >= 0.6 is 0 Å². The highest BCUT2D eigenvalue weighted by atomic mass is 19.1. The maximum atomic E-state index is 14.0. The van der Waals surface area contributed by atoms with Crippen molar-refractivity contribution in [3.05, 3.63) is 35.8 Å². The molecule has 1 aromatic carbocycles. The Labute approximate surface area is 108 Å². The lowest BCUT2D eigenvalue weighted by Gasteiger charge is -2.08. The molecule has 0 saturated carbocycles. The van der Waals surface area contributed by atoms with Gasteiger partial charge in [-0.15, -0.1) is 0 Å². The first-order valence-corrected chi connectivity index (χ1v) is 6.52. The lowest BCUT2D eigenvalue weighted by molar-refractivity contribution is 0.582. The quantitative estimate of drug-likeness (QED) is 0.869. The van der Waals surface area contributed by atoms with Crippen LogP contribution in [0.15, 0.2) is 24.4 Å². The second-order valence-corrected chi connectivity index (χ2v) is 5.32. The summed E-state index contributed by atoms with van der Waals surface area (Å²) in [6, 6.07) is 6.02. The first-order chi connectivity index (χ1) is 8.50. The number of benzene rings is 1. The first-order valence-electron chi connectivity index (χ1n) is 6.52. The van der Waals surface area contributed by atoms with Crippen LogP contribution in [-0.4, -0.2) is 10.6 Å². The normalized spacial score (nSPS) is 11.9. The Hall–Kier alpha value is -1.35. The fourth-order valence-corrected chi connectivity index (χ4v) is 2.22.